The third-order valence-corrected chi connectivity index (χ3v) is 2.39. The average molecular weight is 214 g/mol. The molecule has 1 saturated carbocycles. The number of hydrogen-bond acceptors (Lipinski definition) is 2. The lowest BCUT2D eigenvalue weighted by atomic mass is 9.86. The van der Waals surface area contributed by atoms with Crippen LogP contribution in [-0.2, 0) is 4.79 Å². The summed E-state index contributed by atoms with van der Waals surface area (Å²) >= 11 is 0. The highest BCUT2D eigenvalue weighted by Gasteiger charge is 2.23. The van der Waals surface area contributed by atoms with Gasteiger partial charge in [-0.15, -0.1) is 13.2 Å². The van der Waals surface area contributed by atoms with Gasteiger partial charge in [0, 0.05) is 19.0 Å². The number of amides is 1. The first kappa shape index (κ1) is 16.6. The molecule has 1 fully saturated rings. The number of nitrogens with two attached hydrogens (primary N) is 1. The van der Waals surface area contributed by atoms with Gasteiger partial charge in [0.15, 0.2) is 0 Å². The fraction of sp³-hybridized carbons (Fsp3) is 0.750. The minimum atomic E-state index is 0.178. The van der Waals surface area contributed by atoms with Crippen LogP contribution >= 0.6 is 0 Å². The van der Waals surface area contributed by atoms with Gasteiger partial charge in [-0.1, -0.05) is 13.8 Å². The second-order valence-electron chi connectivity index (χ2n) is 3.23. The standard InChI is InChI=1S/C8H16N2O.C2H6.C2H4/c1-10-8(11)6-2-4-7(9)5-3-6;2*1-2/h6-7H,2-5,9H2,1H3,(H,10,11);1-2H3;1-2H2. The van der Waals surface area contributed by atoms with E-state index in [0.29, 0.717) is 6.04 Å². The van der Waals surface area contributed by atoms with E-state index < -0.39 is 0 Å². The van der Waals surface area contributed by atoms with Gasteiger partial charge in [0.05, 0.1) is 0 Å². The van der Waals surface area contributed by atoms with E-state index in [-0.39, 0.29) is 11.8 Å². The maximum atomic E-state index is 11.1. The molecule has 15 heavy (non-hydrogen) atoms. The molecule has 3 nitrogen and oxygen atoms in total. The predicted molar refractivity (Wildman–Crippen MR) is 66.6 cm³/mol. The zero-order valence-corrected chi connectivity index (χ0v) is 10.4. The molecule has 0 aromatic heterocycles. The van der Waals surface area contributed by atoms with Gasteiger partial charge in [-0.2, -0.15) is 0 Å². The number of rotatable bonds is 1. The summed E-state index contributed by atoms with van der Waals surface area (Å²) in [4.78, 5) is 11.1. The maximum Gasteiger partial charge on any atom is 0.222 e. The molecular weight excluding hydrogens is 188 g/mol. The van der Waals surface area contributed by atoms with Crippen LogP contribution in [0.25, 0.3) is 0 Å². The molecule has 1 amide bonds. The molecule has 1 aliphatic rings. The van der Waals surface area contributed by atoms with E-state index >= 15 is 0 Å². The van der Waals surface area contributed by atoms with Crippen LogP contribution in [-0.4, -0.2) is 19.0 Å². The Balaban J connectivity index is 0. The lowest BCUT2D eigenvalue weighted by molar-refractivity contribution is -0.125. The molecule has 0 atom stereocenters. The van der Waals surface area contributed by atoms with E-state index in [4.69, 9.17) is 5.73 Å². The highest BCUT2D eigenvalue weighted by atomic mass is 16.1. The monoisotopic (exact) mass is 214 g/mol. The van der Waals surface area contributed by atoms with E-state index in [9.17, 15) is 4.79 Å². The average Bonchev–Trinajstić information content (AvgIpc) is 2.34. The quantitative estimate of drug-likeness (QED) is 0.657. The molecule has 0 bridgehead atoms. The molecule has 0 aromatic carbocycles. The van der Waals surface area contributed by atoms with Gasteiger partial charge >= 0.3 is 0 Å². The van der Waals surface area contributed by atoms with Crippen LogP contribution in [0.4, 0.5) is 0 Å². The van der Waals surface area contributed by atoms with Gasteiger partial charge in [-0.25, -0.2) is 0 Å². The summed E-state index contributed by atoms with van der Waals surface area (Å²) in [5, 5.41) is 2.67. The lowest BCUT2D eigenvalue weighted by Crippen LogP contribution is -2.34. The molecule has 0 heterocycles. The zero-order chi connectivity index (χ0) is 12.3. The third kappa shape index (κ3) is 7.14. The van der Waals surface area contributed by atoms with Crippen molar-refractivity contribution in [3.8, 4) is 0 Å². The molecule has 3 heteroatoms. The molecule has 0 radical (unpaired) electrons. The van der Waals surface area contributed by atoms with Gasteiger partial charge in [-0.3, -0.25) is 4.79 Å². The molecule has 90 valence electrons. The van der Waals surface area contributed by atoms with Gasteiger partial charge in [-0.05, 0) is 25.7 Å². The van der Waals surface area contributed by atoms with Gasteiger partial charge < -0.3 is 11.1 Å². The Morgan fingerprint density at radius 1 is 1.20 bits per heavy atom. The largest absolute Gasteiger partial charge is 0.359 e. The molecule has 0 unspecified atom stereocenters. The van der Waals surface area contributed by atoms with Crippen molar-refractivity contribution in [3.05, 3.63) is 13.2 Å². The summed E-state index contributed by atoms with van der Waals surface area (Å²) in [5.74, 6) is 0.400. The minimum absolute atomic E-state index is 0.178. The first-order valence-electron chi connectivity index (χ1n) is 5.71. The normalized spacial score (nSPS) is 23.7. The van der Waals surface area contributed by atoms with E-state index in [1.54, 1.807) is 7.05 Å². The molecule has 1 rings (SSSR count). The van der Waals surface area contributed by atoms with Crippen molar-refractivity contribution in [2.45, 2.75) is 45.6 Å². The Kier molecular flexibility index (Phi) is 12.4. The fourth-order valence-electron chi connectivity index (χ4n) is 1.59. The van der Waals surface area contributed by atoms with Gasteiger partial charge in [0.1, 0.15) is 0 Å². The number of nitrogens with one attached hydrogen (secondary N) is 1. The van der Waals surface area contributed by atoms with Crippen LogP contribution in [0.5, 0.6) is 0 Å². The third-order valence-electron chi connectivity index (χ3n) is 2.39. The first-order chi connectivity index (χ1) is 7.24. The number of carbonyl (C=O) groups excluding carboxylic acids is 1. The molecule has 1 aliphatic carbocycles. The van der Waals surface area contributed by atoms with E-state index in [1.807, 2.05) is 13.8 Å². The lowest BCUT2D eigenvalue weighted by Gasteiger charge is -2.24. The SMILES string of the molecule is C=C.CC.CNC(=O)C1CCC(N)CC1. The van der Waals surface area contributed by atoms with Crippen LogP contribution in [0.1, 0.15) is 39.5 Å². The Hall–Kier alpha value is -0.830. The van der Waals surface area contributed by atoms with Gasteiger partial charge in [0.25, 0.3) is 0 Å². The first-order valence-corrected chi connectivity index (χ1v) is 5.71. The number of carbonyl (C=O) groups is 1. The Labute approximate surface area is 94.1 Å². The number of hydrogen-bond donors (Lipinski definition) is 2. The van der Waals surface area contributed by atoms with Crippen molar-refractivity contribution >= 4 is 5.91 Å². The maximum absolute atomic E-state index is 11.1. The highest BCUT2D eigenvalue weighted by Crippen LogP contribution is 2.22. The summed E-state index contributed by atoms with van der Waals surface area (Å²) in [6.45, 7) is 10.0. The summed E-state index contributed by atoms with van der Waals surface area (Å²) < 4.78 is 0. The van der Waals surface area contributed by atoms with Crippen molar-refractivity contribution in [1.29, 1.82) is 0 Å². The summed E-state index contributed by atoms with van der Waals surface area (Å²) in [5.41, 5.74) is 5.71. The molecule has 0 aromatic rings. The Morgan fingerprint density at radius 3 is 1.93 bits per heavy atom. The van der Waals surface area contributed by atoms with Crippen molar-refractivity contribution in [2.75, 3.05) is 7.05 Å². The van der Waals surface area contributed by atoms with E-state index in [1.165, 1.54) is 0 Å². The Bertz CT molecular complexity index is 152. The van der Waals surface area contributed by atoms with Crippen molar-refractivity contribution < 1.29 is 4.79 Å². The van der Waals surface area contributed by atoms with Crippen molar-refractivity contribution in [1.82, 2.24) is 5.32 Å². The topological polar surface area (TPSA) is 55.1 Å². The van der Waals surface area contributed by atoms with Crippen LogP contribution in [0.2, 0.25) is 0 Å². The molecular formula is C12H26N2O. The fourth-order valence-corrected chi connectivity index (χ4v) is 1.59. The Morgan fingerprint density at radius 2 is 1.60 bits per heavy atom. The molecule has 0 aliphatic heterocycles. The van der Waals surface area contributed by atoms with Crippen LogP contribution in [0, 0.1) is 5.92 Å². The van der Waals surface area contributed by atoms with Crippen molar-refractivity contribution in [3.63, 3.8) is 0 Å². The van der Waals surface area contributed by atoms with Crippen molar-refractivity contribution in [2.24, 2.45) is 11.7 Å². The zero-order valence-electron chi connectivity index (χ0n) is 10.4. The van der Waals surface area contributed by atoms with Gasteiger partial charge in [0.2, 0.25) is 5.91 Å². The highest BCUT2D eigenvalue weighted by molar-refractivity contribution is 5.78. The van der Waals surface area contributed by atoms with Crippen LogP contribution in [0.15, 0.2) is 13.2 Å². The molecule has 0 spiro atoms. The summed E-state index contributed by atoms with van der Waals surface area (Å²) in [6, 6.07) is 0.330. The molecule has 0 saturated heterocycles. The predicted octanol–water partition coefficient (Wildman–Crippen LogP) is 2.08. The van der Waals surface area contributed by atoms with E-state index in [2.05, 4.69) is 18.5 Å². The summed E-state index contributed by atoms with van der Waals surface area (Å²) in [7, 11) is 1.69. The minimum Gasteiger partial charge on any atom is -0.359 e. The van der Waals surface area contributed by atoms with E-state index in [0.717, 1.165) is 25.7 Å². The smallest absolute Gasteiger partial charge is 0.222 e. The second-order valence-corrected chi connectivity index (χ2v) is 3.23. The second kappa shape index (κ2) is 11.2. The van der Waals surface area contributed by atoms with Crippen LogP contribution in [0.3, 0.4) is 0 Å². The van der Waals surface area contributed by atoms with Crippen LogP contribution < -0.4 is 11.1 Å². The molecule has 3 N–H and O–H groups in total. The summed E-state index contributed by atoms with van der Waals surface area (Å²) in [6.07, 6.45) is 3.91.